The van der Waals surface area contributed by atoms with Gasteiger partial charge in [-0.2, -0.15) is 0 Å². The summed E-state index contributed by atoms with van der Waals surface area (Å²) in [6.45, 7) is 5.88. The zero-order chi connectivity index (χ0) is 21.8. The van der Waals surface area contributed by atoms with Crippen LogP contribution in [0.1, 0.15) is 21.6 Å². The molecule has 4 rings (SSSR count). The molecule has 0 unspecified atom stereocenters. The lowest BCUT2D eigenvalue weighted by Gasteiger charge is -2.34. The summed E-state index contributed by atoms with van der Waals surface area (Å²) in [6.07, 6.45) is 0. The molecule has 6 nitrogen and oxygen atoms in total. The maximum atomic E-state index is 12.9. The Hall–Kier alpha value is -2.90. The van der Waals surface area contributed by atoms with Gasteiger partial charge in [0.2, 0.25) is 0 Å². The molecule has 162 valence electrons. The van der Waals surface area contributed by atoms with Crippen LogP contribution in [0.2, 0.25) is 0 Å². The summed E-state index contributed by atoms with van der Waals surface area (Å²) in [5, 5.41) is 3.13. The third-order valence-corrected chi connectivity index (χ3v) is 6.53. The number of benzene rings is 2. The van der Waals surface area contributed by atoms with Crippen LogP contribution in [-0.4, -0.2) is 61.1 Å². The molecule has 0 bridgehead atoms. The second kappa shape index (κ2) is 9.49. The van der Waals surface area contributed by atoms with E-state index in [2.05, 4.69) is 10.3 Å². The Balaban J connectivity index is 1.33. The fraction of sp³-hybridized carbons (Fsp3) is 0.333. The van der Waals surface area contributed by atoms with Gasteiger partial charge < -0.3 is 14.4 Å². The number of hydrogen-bond donors (Lipinski definition) is 0. The molecule has 0 radical (unpaired) electrons. The van der Waals surface area contributed by atoms with Gasteiger partial charge in [-0.1, -0.05) is 6.07 Å². The number of carbonyl (C=O) groups excluding carboxylic acids is 1. The number of thiazole rings is 1. The topological polar surface area (TPSA) is 54.9 Å². The van der Waals surface area contributed by atoms with Crippen LogP contribution in [0.5, 0.6) is 11.5 Å². The summed E-state index contributed by atoms with van der Waals surface area (Å²) in [7, 11) is 3.30. The average Bonchev–Trinajstić information content (AvgIpc) is 3.28. The second-order valence-electron chi connectivity index (χ2n) is 7.63. The Labute approximate surface area is 187 Å². The lowest BCUT2D eigenvalue weighted by molar-refractivity contribution is 0.0627. The zero-order valence-corrected chi connectivity index (χ0v) is 18.9. The van der Waals surface area contributed by atoms with Crippen molar-refractivity contribution < 1.29 is 14.3 Å². The summed E-state index contributed by atoms with van der Waals surface area (Å²) in [6, 6.07) is 13.6. The number of aryl methyl sites for hydroxylation is 1. The summed E-state index contributed by atoms with van der Waals surface area (Å²) in [5.74, 6) is 1.66. The monoisotopic (exact) mass is 437 g/mol. The number of nitrogens with zero attached hydrogens (tertiary/aromatic N) is 3. The highest BCUT2D eigenvalue weighted by molar-refractivity contribution is 7.13. The smallest absolute Gasteiger partial charge is 0.254 e. The first-order valence-corrected chi connectivity index (χ1v) is 11.2. The summed E-state index contributed by atoms with van der Waals surface area (Å²) in [4.78, 5) is 22.0. The van der Waals surface area contributed by atoms with Gasteiger partial charge in [-0.3, -0.25) is 9.69 Å². The van der Waals surface area contributed by atoms with Gasteiger partial charge in [-0.15, -0.1) is 11.3 Å². The molecule has 7 heteroatoms. The average molecular weight is 438 g/mol. The van der Waals surface area contributed by atoms with E-state index in [0.717, 1.165) is 53.0 Å². The van der Waals surface area contributed by atoms with Crippen molar-refractivity contribution in [3.05, 3.63) is 64.7 Å². The Kier molecular flexibility index (Phi) is 6.53. The van der Waals surface area contributed by atoms with E-state index in [1.807, 2.05) is 54.3 Å². The van der Waals surface area contributed by atoms with E-state index in [0.29, 0.717) is 18.7 Å². The fourth-order valence-electron chi connectivity index (χ4n) is 3.72. The van der Waals surface area contributed by atoms with Crippen molar-refractivity contribution in [2.24, 2.45) is 0 Å². The molecule has 3 aromatic rings. The highest BCUT2D eigenvalue weighted by Crippen LogP contribution is 2.26. The van der Waals surface area contributed by atoms with Gasteiger partial charge in [0.05, 0.1) is 19.9 Å². The molecule has 1 aliphatic rings. The molecule has 1 aromatic heterocycles. The molecule has 31 heavy (non-hydrogen) atoms. The minimum atomic E-state index is 0.0633. The first-order valence-electron chi connectivity index (χ1n) is 10.3. The standard InChI is InChI=1S/C24H27N3O3S/c1-17-4-5-19(14-22(17)30-3)24(28)27-12-10-26(11-13-27)15-20-16-31-23(25-20)18-6-8-21(29-2)9-7-18/h4-9,14,16H,10-13,15H2,1-3H3. The van der Waals surface area contributed by atoms with Crippen molar-refractivity contribution in [2.45, 2.75) is 13.5 Å². The maximum Gasteiger partial charge on any atom is 0.254 e. The van der Waals surface area contributed by atoms with Gasteiger partial charge in [0.15, 0.2) is 0 Å². The van der Waals surface area contributed by atoms with E-state index in [9.17, 15) is 4.79 Å². The third-order valence-electron chi connectivity index (χ3n) is 5.59. The number of methoxy groups -OCH3 is 2. The van der Waals surface area contributed by atoms with Crippen LogP contribution in [0, 0.1) is 6.92 Å². The lowest BCUT2D eigenvalue weighted by Crippen LogP contribution is -2.48. The number of hydrogen-bond acceptors (Lipinski definition) is 6. The van der Waals surface area contributed by atoms with Crippen molar-refractivity contribution in [3.8, 4) is 22.1 Å². The van der Waals surface area contributed by atoms with Gasteiger partial charge in [0.25, 0.3) is 5.91 Å². The Morgan fingerprint density at radius 2 is 1.77 bits per heavy atom. The van der Waals surface area contributed by atoms with Crippen LogP contribution in [0.25, 0.3) is 10.6 Å². The van der Waals surface area contributed by atoms with E-state index in [1.165, 1.54) is 0 Å². The number of amides is 1. The van der Waals surface area contributed by atoms with E-state index in [-0.39, 0.29) is 5.91 Å². The van der Waals surface area contributed by atoms with Crippen molar-refractivity contribution in [3.63, 3.8) is 0 Å². The predicted octanol–water partition coefficient (Wildman–Crippen LogP) is 4.09. The summed E-state index contributed by atoms with van der Waals surface area (Å²) < 4.78 is 10.6. The minimum Gasteiger partial charge on any atom is -0.497 e. The van der Waals surface area contributed by atoms with Crippen LogP contribution in [0.15, 0.2) is 47.8 Å². The van der Waals surface area contributed by atoms with Crippen molar-refractivity contribution in [1.82, 2.24) is 14.8 Å². The van der Waals surface area contributed by atoms with Gasteiger partial charge in [-0.05, 0) is 48.9 Å². The first-order chi connectivity index (χ1) is 15.1. The molecule has 2 heterocycles. The highest BCUT2D eigenvalue weighted by Gasteiger charge is 2.23. The number of rotatable bonds is 6. The lowest BCUT2D eigenvalue weighted by atomic mass is 10.1. The van der Waals surface area contributed by atoms with E-state index in [4.69, 9.17) is 14.5 Å². The van der Waals surface area contributed by atoms with Crippen LogP contribution < -0.4 is 9.47 Å². The number of carbonyl (C=O) groups is 1. The van der Waals surface area contributed by atoms with Gasteiger partial charge in [0.1, 0.15) is 16.5 Å². The minimum absolute atomic E-state index is 0.0633. The first kappa shape index (κ1) is 21.3. The molecule has 0 aliphatic carbocycles. The van der Waals surface area contributed by atoms with Crippen molar-refractivity contribution in [2.75, 3.05) is 40.4 Å². The number of piperazine rings is 1. The van der Waals surface area contributed by atoms with Crippen molar-refractivity contribution in [1.29, 1.82) is 0 Å². The van der Waals surface area contributed by atoms with Crippen LogP contribution in [0.4, 0.5) is 0 Å². The van der Waals surface area contributed by atoms with Crippen LogP contribution in [0.3, 0.4) is 0 Å². The molecule has 0 saturated carbocycles. The molecule has 1 saturated heterocycles. The molecule has 0 atom stereocenters. The maximum absolute atomic E-state index is 12.9. The summed E-state index contributed by atoms with van der Waals surface area (Å²) in [5.41, 5.74) is 3.88. The van der Waals surface area contributed by atoms with Gasteiger partial charge in [0, 0.05) is 49.2 Å². The normalized spacial score (nSPS) is 14.5. The SMILES string of the molecule is COc1ccc(-c2nc(CN3CCN(C(=O)c4ccc(C)c(OC)c4)CC3)cs2)cc1. The number of ether oxygens (including phenoxy) is 2. The quantitative estimate of drug-likeness (QED) is 0.581. The highest BCUT2D eigenvalue weighted by atomic mass is 32.1. The number of aromatic nitrogens is 1. The second-order valence-corrected chi connectivity index (χ2v) is 8.48. The Morgan fingerprint density at radius 1 is 1.03 bits per heavy atom. The summed E-state index contributed by atoms with van der Waals surface area (Å²) >= 11 is 1.66. The molecular weight excluding hydrogens is 410 g/mol. The largest absolute Gasteiger partial charge is 0.497 e. The van der Waals surface area contributed by atoms with Crippen molar-refractivity contribution >= 4 is 17.2 Å². The van der Waals surface area contributed by atoms with Gasteiger partial charge >= 0.3 is 0 Å². The molecular formula is C24H27N3O3S. The van der Waals surface area contributed by atoms with E-state index >= 15 is 0 Å². The molecule has 0 spiro atoms. The molecule has 1 fully saturated rings. The fourth-order valence-corrected chi connectivity index (χ4v) is 4.54. The molecule has 1 aliphatic heterocycles. The predicted molar refractivity (Wildman–Crippen MR) is 123 cm³/mol. The Morgan fingerprint density at radius 3 is 2.45 bits per heavy atom. The molecule has 2 aromatic carbocycles. The Bertz CT molecular complexity index is 1040. The van der Waals surface area contributed by atoms with E-state index < -0.39 is 0 Å². The van der Waals surface area contributed by atoms with E-state index in [1.54, 1.807) is 25.6 Å². The van der Waals surface area contributed by atoms with Gasteiger partial charge in [-0.25, -0.2) is 4.98 Å². The molecule has 1 amide bonds. The molecule has 0 N–H and O–H groups in total. The third kappa shape index (κ3) is 4.89. The van der Waals surface area contributed by atoms with Crippen LogP contribution in [-0.2, 0) is 6.54 Å². The van der Waals surface area contributed by atoms with Crippen LogP contribution >= 0.6 is 11.3 Å². The zero-order valence-electron chi connectivity index (χ0n) is 18.1.